The van der Waals surface area contributed by atoms with Crippen LogP contribution in [0, 0.1) is 10.8 Å². The fourth-order valence-corrected chi connectivity index (χ4v) is 1.83. The standard InChI is InChI=1S/C13H28N2O/c1-7-11(8-2)15(9-10-16-6)12(14)13(3,4)5/h11,14H,7-10H2,1-6H3. The maximum absolute atomic E-state index is 8.28. The highest BCUT2D eigenvalue weighted by Gasteiger charge is 2.26. The molecule has 0 fully saturated rings. The van der Waals surface area contributed by atoms with Gasteiger partial charge in [0.2, 0.25) is 0 Å². The van der Waals surface area contributed by atoms with Gasteiger partial charge in [-0.2, -0.15) is 0 Å². The first-order valence-electron chi connectivity index (χ1n) is 6.23. The lowest BCUT2D eigenvalue weighted by Gasteiger charge is -2.38. The quantitative estimate of drug-likeness (QED) is 0.560. The van der Waals surface area contributed by atoms with Crippen LogP contribution >= 0.6 is 0 Å². The van der Waals surface area contributed by atoms with Crippen LogP contribution in [0.5, 0.6) is 0 Å². The number of methoxy groups -OCH3 is 1. The van der Waals surface area contributed by atoms with E-state index in [1.54, 1.807) is 7.11 Å². The van der Waals surface area contributed by atoms with Gasteiger partial charge in [-0.05, 0) is 12.8 Å². The number of hydrogen-bond donors (Lipinski definition) is 1. The van der Waals surface area contributed by atoms with Crippen LogP contribution in [0.1, 0.15) is 47.5 Å². The van der Waals surface area contributed by atoms with Crippen molar-refractivity contribution in [3.63, 3.8) is 0 Å². The molecule has 0 spiro atoms. The third kappa shape index (κ3) is 4.52. The maximum Gasteiger partial charge on any atom is 0.102 e. The van der Waals surface area contributed by atoms with Gasteiger partial charge in [-0.3, -0.25) is 5.41 Å². The van der Waals surface area contributed by atoms with E-state index in [-0.39, 0.29) is 5.41 Å². The van der Waals surface area contributed by atoms with Crippen LogP contribution < -0.4 is 0 Å². The van der Waals surface area contributed by atoms with Crippen molar-refractivity contribution >= 4 is 5.84 Å². The van der Waals surface area contributed by atoms with Crippen LogP contribution in [0.3, 0.4) is 0 Å². The van der Waals surface area contributed by atoms with Crippen molar-refractivity contribution in [1.82, 2.24) is 4.90 Å². The molecule has 0 saturated heterocycles. The Bertz CT molecular complexity index is 204. The summed E-state index contributed by atoms with van der Waals surface area (Å²) in [5, 5.41) is 8.28. The Hall–Kier alpha value is -0.570. The monoisotopic (exact) mass is 228 g/mol. The predicted octanol–water partition coefficient (Wildman–Crippen LogP) is 3.15. The van der Waals surface area contributed by atoms with Gasteiger partial charge in [0.25, 0.3) is 0 Å². The zero-order valence-electron chi connectivity index (χ0n) is 11.8. The van der Waals surface area contributed by atoms with Crippen molar-refractivity contribution < 1.29 is 4.74 Å². The molecule has 0 aromatic carbocycles. The summed E-state index contributed by atoms with van der Waals surface area (Å²) < 4.78 is 5.14. The van der Waals surface area contributed by atoms with Crippen molar-refractivity contribution in [3.05, 3.63) is 0 Å². The highest BCUT2D eigenvalue weighted by Crippen LogP contribution is 2.21. The summed E-state index contributed by atoms with van der Waals surface area (Å²) >= 11 is 0. The molecule has 0 bridgehead atoms. The summed E-state index contributed by atoms with van der Waals surface area (Å²) in [5.74, 6) is 0.721. The molecule has 0 amide bonds. The van der Waals surface area contributed by atoms with Crippen LogP contribution in [0.4, 0.5) is 0 Å². The lowest BCUT2D eigenvalue weighted by molar-refractivity contribution is 0.152. The Morgan fingerprint density at radius 2 is 1.75 bits per heavy atom. The minimum atomic E-state index is -0.0870. The van der Waals surface area contributed by atoms with Gasteiger partial charge in [0.1, 0.15) is 5.84 Å². The molecule has 0 rings (SSSR count). The molecule has 0 saturated carbocycles. The molecule has 0 aliphatic carbocycles. The molecule has 0 aromatic rings. The number of ether oxygens (including phenoxy) is 1. The van der Waals surface area contributed by atoms with Crippen molar-refractivity contribution in [1.29, 1.82) is 5.41 Å². The van der Waals surface area contributed by atoms with Crippen LogP contribution in [-0.4, -0.2) is 37.0 Å². The average molecular weight is 228 g/mol. The zero-order valence-corrected chi connectivity index (χ0v) is 11.8. The van der Waals surface area contributed by atoms with Gasteiger partial charge in [-0.15, -0.1) is 0 Å². The molecule has 0 atom stereocenters. The highest BCUT2D eigenvalue weighted by atomic mass is 16.5. The summed E-state index contributed by atoms with van der Waals surface area (Å²) in [4.78, 5) is 2.20. The Balaban J connectivity index is 4.71. The third-order valence-electron chi connectivity index (χ3n) is 2.92. The minimum absolute atomic E-state index is 0.0870. The van der Waals surface area contributed by atoms with E-state index in [0.29, 0.717) is 12.6 Å². The fraction of sp³-hybridized carbons (Fsp3) is 0.923. The molecule has 0 unspecified atom stereocenters. The molecule has 1 N–H and O–H groups in total. The molecule has 0 aliphatic rings. The minimum Gasteiger partial charge on any atom is -0.383 e. The van der Waals surface area contributed by atoms with E-state index in [0.717, 1.165) is 25.2 Å². The topological polar surface area (TPSA) is 36.3 Å². The molecular weight excluding hydrogens is 200 g/mol. The smallest absolute Gasteiger partial charge is 0.102 e. The van der Waals surface area contributed by atoms with Crippen molar-refractivity contribution in [2.75, 3.05) is 20.3 Å². The number of amidine groups is 1. The van der Waals surface area contributed by atoms with Gasteiger partial charge in [0, 0.05) is 25.1 Å². The second-order valence-electron chi connectivity index (χ2n) is 5.26. The number of nitrogens with zero attached hydrogens (tertiary/aromatic N) is 1. The molecular formula is C13H28N2O. The molecule has 16 heavy (non-hydrogen) atoms. The first kappa shape index (κ1) is 15.4. The summed E-state index contributed by atoms with van der Waals surface area (Å²) in [7, 11) is 1.71. The van der Waals surface area contributed by atoms with Gasteiger partial charge in [0.05, 0.1) is 6.61 Å². The van der Waals surface area contributed by atoms with E-state index in [2.05, 4.69) is 39.5 Å². The fourth-order valence-electron chi connectivity index (χ4n) is 1.83. The van der Waals surface area contributed by atoms with Crippen molar-refractivity contribution in [2.24, 2.45) is 5.41 Å². The summed E-state index contributed by atoms with van der Waals surface area (Å²) in [6.45, 7) is 12.2. The zero-order chi connectivity index (χ0) is 12.8. The van der Waals surface area contributed by atoms with Crippen LogP contribution in [0.25, 0.3) is 0 Å². The first-order chi connectivity index (χ1) is 7.38. The van der Waals surface area contributed by atoms with E-state index >= 15 is 0 Å². The third-order valence-corrected chi connectivity index (χ3v) is 2.92. The summed E-state index contributed by atoms with van der Waals surface area (Å²) in [6.07, 6.45) is 2.16. The lowest BCUT2D eigenvalue weighted by atomic mass is 9.92. The molecule has 0 heterocycles. The second kappa shape index (κ2) is 6.89. The van der Waals surface area contributed by atoms with Gasteiger partial charge < -0.3 is 9.64 Å². The van der Waals surface area contributed by atoms with Gasteiger partial charge in [-0.1, -0.05) is 34.6 Å². The molecule has 0 aromatic heterocycles. The molecule has 3 heteroatoms. The van der Waals surface area contributed by atoms with E-state index in [1.165, 1.54) is 0 Å². The summed E-state index contributed by atoms with van der Waals surface area (Å²) in [5.41, 5.74) is -0.0870. The van der Waals surface area contributed by atoms with Crippen molar-refractivity contribution in [3.8, 4) is 0 Å². The van der Waals surface area contributed by atoms with Crippen LogP contribution in [0.2, 0.25) is 0 Å². The first-order valence-corrected chi connectivity index (χ1v) is 6.23. The Kier molecular flexibility index (Phi) is 6.65. The molecule has 96 valence electrons. The van der Waals surface area contributed by atoms with E-state index in [4.69, 9.17) is 10.1 Å². The second-order valence-corrected chi connectivity index (χ2v) is 5.26. The molecule has 0 radical (unpaired) electrons. The molecule has 0 aliphatic heterocycles. The highest BCUT2D eigenvalue weighted by molar-refractivity contribution is 5.84. The van der Waals surface area contributed by atoms with Crippen LogP contribution in [0.15, 0.2) is 0 Å². The van der Waals surface area contributed by atoms with E-state index < -0.39 is 0 Å². The maximum atomic E-state index is 8.28. The molecule has 3 nitrogen and oxygen atoms in total. The number of hydrogen-bond acceptors (Lipinski definition) is 2. The van der Waals surface area contributed by atoms with Gasteiger partial charge in [0.15, 0.2) is 0 Å². The normalized spacial score (nSPS) is 11.9. The number of rotatable bonds is 6. The largest absolute Gasteiger partial charge is 0.383 e. The van der Waals surface area contributed by atoms with E-state index in [1.807, 2.05) is 0 Å². The average Bonchev–Trinajstić information content (AvgIpc) is 2.22. The Morgan fingerprint density at radius 1 is 1.25 bits per heavy atom. The summed E-state index contributed by atoms with van der Waals surface area (Å²) in [6, 6.07) is 0.460. The Morgan fingerprint density at radius 3 is 2.06 bits per heavy atom. The SMILES string of the molecule is CCC(CC)N(CCOC)C(=N)C(C)(C)C. The predicted molar refractivity (Wildman–Crippen MR) is 70.1 cm³/mol. The Labute approximate surface area is 101 Å². The number of nitrogens with one attached hydrogen (secondary N) is 1. The van der Waals surface area contributed by atoms with Gasteiger partial charge in [-0.25, -0.2) is 0 Å². The van der Waals surface area contributed by atoms with Gasteiger partial charge >= 0.3 is 0 Å². The van der Waals surface area contributed by atoms with E-state index in [9.17, 15) is 0 Å². The van der Waals surface area contributed by atoms with Crippen molar-refractivity contribution in [2.45, 2.75) is 53.5 Å². The van der Waals surface area contributed by atoms with Crippen LogP contribution in [-0.2, 0) is 4.74 Å². The lowest BCUT2D eigenvalue weighted by Crippen LogP contribution is -2.46.